The number of aromatic nitrogens is 2. The number of hydrogen-bond acceptors (Lipinski definition) is 7. The van der Waals surface area contributed by atoms with Crippen LogP contribution in [0.3, 0.4) is 0 Å². The van der Waals surface area contributed by atoms with Crippen LogP contribution in [0.15, 0.2) is 28.8 Å². The van der Waals surface area contributed by atoms with Crippen LogP contribution in [0.5, 0.6) is 0 Å². The Kier molecular flexibility index (Phi) is 5.80. The average molecular weight is 372 g/mol. The van der Waals surface area contributed by atoms with Crippen LogP contribution in [0.2, 0.25) is 0 Å². The molecule has 27 heavy (non-hydrogen) atoms. The maximum absolute atomic E-state index is 12.2. The third-order valence-electron chi connectivity index (χ3n) is 4.28. The van der Waals surface area contributed by atoms with Crippen LogP contribution in [0, 0.1) is 0 Å². The number of methoxy groups -OCH3 is 1. The molecular weight excluding hydrogens is 352 g/mol. The number of ether oxygens (including phenoxy) is 1. The smallest absolute Gasteiger partial charge is 0.339 e. The predicted molar refractivity (Wildman–Crippen MR) is 94.1 cm³/mol. The largest absolute Gasteiger partial charge is 0.465 e. The highest BCUT2D eigenvalue weighted by Gasteiger charge is 2.22. The Balaban J connectivity index is 1.60. The van der Waals surface area contributed by atoms with E-state index < -0.39 is 17.8 Å². The number of carbonyl (C=O) groups excluding carboxylic acids is 3. The number of esters is 1. The molecule has 3 rings (SSSR count). The molecule has 1 aromatic carbocycles. The van der Waals surface area contributed by atoms with Gasteiger partial charge >= 0.3 is 17.8 Å². The lowest BCUT2D eigenvalue weighted by Gasteiger charge is -2.08. The standard InChI is InChI=1S/C18H20N4O5/c1-26-18(25)12-8-4-5-9-13(12)20-15(23)10-14-21-17(27-22-14)16(24)19-11-6-2-3-7-11/h4-5,8-9,11H,2-3,6-7,10H2,1H3,(H,19,24)(H,20,23). The summed E-state index contributed by atoms with van der Waals surface area (Å²) in [5.74, 6) is -1.53. The van der Waals surface area contributed by atoms with E-state index in [2.05, 4.69) is 25.5 Å². The van der Waals surface area contributed by atoms with E-state index in [0.717, 1.165) is 25.7 Å². The Bertz CT molecular complexity index is 842. The molecule has 1 saturated carbocycles. The van der Waals surface area contributed by atoms with Gasteiger partial charge in [-0.2, -0.15) is 4.98 Å². The van der Waals surface area contributed by atoms with Crippen molar-refractivity contribution in [3.05, 3.63) is 41.5 Å². The van der Waals surface area contributed by atoms with E-state index in [9.17, 15) is 14.4 Å². The van der Waals surface area contributed by atoms with E-state index in [4.69, 9.17) is 4.52 Å². The summed E-state index contributed by atoms with van der Waals surface area (Å²) in [4.78, 5) is 40.0. The zero-order chi connectivity index (χ0) is 19.2. The molecule has 1 aliphatic carbocycles. The van der Waals surface area contributed by atoms with Gasteiger partial charge < -0.3 is 19.9 Å². The van der Waals surface area contributed by atoms with Gasteiger partial charge in [-0.15, -0.1) is 0 Å². The van der Waals surface area contributed by atoms with Crippen molar-refractivity contribution < 1.29 is 23.6 Å². The second-order valence-corrected chi connectivity index (χ2v) is 6.23. The molecule has 1 heterocycles. The molecule has 142 valence electrons. The Hall–Kier alpha value is -3.23. The van der Waals surface area contributed by atoms with Crippen molar-refractivity contribution in [2.75, 3.05) is 12.4 Å². The normalized spacial score (nSPS) is 14.0. The van der Waals surface area contributed by atoms with Gasteiger partial charge in [0, 0.05) is 6.04 Å². The quantitative estimate of drug-likeness (QED) is 0.740. The number of rotatable bonds is 6. The van der Waals surface area contributed by atoms with Crippen LogP contribution < -0.4 is 10.6 Å². The van der Waals surface area contributed by atoms with Gasteiger partial charge in [0.05, 0.1) is 24.8 Å². The minimum Gasteiger partial charge on any atom is -0.465 e. The first-order chi connectivity index (χ1) is 13.1. The fourth-order valence-corrected chi connectivity index (χ4v) is 2.95. The topological polar surface area (TPSA) is 123 Å². The van der Waals surface area contributed by atoms with Crippen LogP contribution in [0.25, 0.3) is 0 Å². The van der Waals surface area contributed by atoms with Gasteiger partial charge in [0.1, 0.15) is 0 Å². The molecule has 0 unspecified atom stereocenters. The van der Waals surface area contributed by atoms with E-state index in [0.29, 0.717) is 5.69 Å². The van der Waals surface area contributed by atoms with Gasteiger partial charge in [-0.05, 0) is 25.0 Å². The van der Waals surface area contributed by atoms with Crippen molar-refractivity contribution in [3.63, 3.8) is 0 Å². The average Bonchev–Trinajstić information content (AvgIpc) is 3.33. The molecule has 2 aromatic rings. The molecule has 2 amide bonds. The molecule has 1 fully saturated rings. The zero-order valence-corrected chi connectivity index (χ0v) is 14.9. The van der Waals surface area contributed by atoms with Crippen LogP contribution in [-0.4, -0.2) is 41.1 Å². The van der Waals surface area contributed by atoms with Crippen molar-refractivity contribution in [1.82, 2.24) is 15.5 Å². The number of hydrogen-bond donors (Lipinski definition) is 2. The highest BCUT2D eigenvalue weighted by molar-refractivity contribution is 6.01. The fourth-order valence-electron chi connectivity index (χ4n) is 2.95. The molecule has 9 heteroatoms. The third-order valence-corrected chi connectivity index (χ3v) is 4.28. The summed E-state index contributed by atoms with van der Waals surface area (Å²) in [5, 5.41) is 9.12. The van der Waals surface area contributed by atoms with E-state index in [-0.39, 0.29) is 29.7 Å². The van der Waals surface area contributed by atoms with Crippen molar-refractivity contribution in [2.24, 2.45) is 0 Å². The van der Waals surface area contributed by atoms with Crippen LogP contribution in [0.4, 0.5) is 5.69 Å². The van der Waals surface area contributed by atoms with Crippen LogP contribution >= 0.6 is 0 Å². The maximum Gasteiger partial charge on any atom is 0.339 e. The van der Waals surface area contributed by atoms with Gasteiger partial charge in [-0.3, -0.25) is 9.59 Å². The molecule has 1 aromatic heterocycles. The molecular formula is C18H20N4O5. The number of benzene rings is 1. The van der Waals surface area contributed by atoms with E-state index in [1.54, 1.807) is 24.3 Å². The second-order valence-electron chi connectivity index (χ2n) is 6.23. The summed E-state index contributed by atoms with van der Waals surface area (Å²) in [6.07, 6.45) is 3.86. The summed E-state index contributed by atoms with van der Waals surface area (Å²) in [6, 6.07) is 6.60. The number of nitrogens with zero attached hydrogens (tertiary/aromatic N) is 2. The highest BCUT2D eigenvalue weighted by atomic mass is 16.5. The summed E-state index contributed by atoms with van der Waals surface area (Å²) in [6.45, 7) is 0. The third kappa shape index (κ3) is 4.69. The highest BCUT2D eigenvalue weighted by Crippen LogP contribution is 2.18. The minimum atomic E-state index is -0.559. The molecule has 2 N–H and O–H groups in total. The number of carbonyl (C=O) groups is 3. The van der Waals surface area contributed by atoms with Gasteiger partial charge in [-0.25, -0.2) is 4.79 Å². The molecule has 0 aliphatic heterocycles. The first kappa shape index (κ1) is 18.6. The minimum absolute atomic E-state index is 0.0830. The summed E-state index contributed by atoms with van der Waals surface area (Å²) in [5.41, 5.74) is 0.551. The van der Waals surface area contributed by atoms with Gasteiger partial charge in [-0.1, -0.05) is 30.1 Å². The summed E-state index contributed by atoms with van der Waals surface area (Å²) < 4.78 is 9.63. The zero-order valence-electron chi connectivity index (χ0n) is 14.9. The number of para-hydroxylation sites is 1. The van der Waals surface area contributed by atoms with Crippen LogP contribution in [0.1, 0.15) is 52.6 Å². The van der Waals surface area contributed by atoms with E-state index in [1.807, 2.05) is 0 Å². The monoisotopic (exact) mass is 372 g/mol. The van der Waals surface area contributed by atoms with Gasteiger partial charge in [0.25, 0.3) is 0 Å². The van der Waals surface area contributed by atoms with Crippen molar-refractivity contribution in [1.29, 1.82) is 0 Å². The number of anilines is 1. The SMILES string of the molecule is COC(=O)c1ccccc1NC(=O)Cc1noc(C(=O)NC2CCCC2)n1. The Morgan fingerprint density at radius 2 is 1.96 bits per heavy atom. The molecule has 0 radical (unpaired) electrons. The van der Waals surface area contributed by atoms with E-state index >= 15 is 0 Å². The predicted octanol–water partition coefficient (Wildman–Crippen LogP) is 1.71. The van der Waals surface area contributed by atoms with Crippen molar-refractivity contribution in [3.8, 4) is 0 Å². The van der Waals surface area contributed by atoms with Crippen molar-refractivity contribution in [2.45, 2.75) is 38.1 Å². The fraction of sp³-hybridized carbons (Fsp3) is 0.389. The van der Waals surface area contributed by atoms with Crippen LogP contribution in [-0.2, 0) is 16.0 Å². The van der Waals surface area contributed by atoms with Crippen molar-refractivity contribution >= 4 is 23.5 Å². The number of nitrogens with one attached hydrogen (secondary N) is 2. The molecule has 0 spiro atoms. The Morgan fingerprint density at radius 1 is 1.22 bits per heavy atom. The Morgan fingerprint density at radius 3 is 2.70 bits per heavy atom. The number of amides is 2. The summed E-state index contributed by atoms with van der Waals surface area (Å²) in [7, 11) is 1.26. The van der Waals surface area contributed by atoms with Gasteiger partial charge in [0.2, 0.25) is 5.91 Å². The summed E-state index contributed by atoms with van der Waals surface area (Å²) >= 11 is 0. The first-order valence-electron chi connectivity index (χ1n) is 8.67. The van der Waals surface area contributed by atoms with E-state index in [1.165, 1.54) is 7.11 Å². The maximum atomic E-state index is 12.2. The lowest BCUT2D eigenvalue weighted by atomic mass is 10.1. The molecule has 9 nitrogen and oxygen atoms in total. The first-order valence-corrected chi connectivity index (χ1v) is 8.67. The molecule has 0 bridgehead atoms. The lowest BCUT2D eigenvalue weighted by molar-refractivity contribution is -0.115. The Labute approximate surface area is 155 Å². The molecule has 0 atom stereocenters. The lowest BCUT2D eigenvalue weighted by Crippen LogP contribution is -2.32. The molecule has 0 saturated heterocycles. The van der Waals surface area contributed by atoms with Gasteiger partial charge in [0.15, 0.2) is 5.82 Å². The second kappa shape index (κ2) is 8.43. The molecule has 1 aliphatic rings.